The van der Waals surface area contributed by atoms with Gasteiger partial charge in [-0.05, 0) is 24.6 Å². The summed E-state index contributed by atoms with van der Waals surface area (Å²) in [7, 11) is 1.53. The third-order valence-corrected chi connectivity index (χ3v) is 3.10. The summed E-state index contributed by atoms with van der Waals surface area (Å²) in [6.07, 6.45) is 1.26. The number of nitrogen functional groups attached to an aromatic ring is 1. The van der Waals surface area contributed by atoms with E-state index in [9.17, 15) is 9.59 Å². The first kappa shape index (κ1) is 13.2. The van der Waals surface area contributed by atoms with Gasteiger partial charge in [0.25, 0.3) is 5.91 Å². The highest BCUT2D eigenvalue weighted by Crippen LogP contribution is 2.19. The topological polar surface area (TPSA) is 93.4 Å². The molecule has 6 nitrogen and oxygen atoms in total. The van der Waals surface area contributed by atoms with Crippen molar-refractivity contribution >= 4 is 17.5 Å². The Kier molecular flexibility index (Phi) is 3.89. The molecule has 1 unspecified atom stereocenters. The average Bonchev–Trinajstić information content (AvgIpc) is 2.82. The van der Waals surface area contributed by atoms with Crippen molar-refractivity contribution in [3.63, 3.8) is 0 Å². The van der Waals surface area contributed by atoms with Gasteiger partial charge < -0.3 is 21.1 Å². The van der Waals surface area contributed by atoms with Gasteiger partial charge in [0.1, 0.15) is 5.75 Å². The van der Waals surface area contributed by atoms with E-state index in [-0.39, 0.29) is 17.9 Å². The molecule has 0 radical (unpaired) electrons. The van der Waals surface area contributed by atoms with Crippen molar-refractivity contribution in [3.8, 4) is 5.75 Å². The summed E-state index contributed by atoms with van der Waals surface area (Å²) in [6, 6.07) is 4.93. The van der Waals surface area contributed by atoms with Crippen LogP contribution in [0.5, 0.6) is 5.75 Å². The second kappa shape index (κ2) is 5.60. The first-order valence-electron chi connectivity index (χ1n) is 6.11. The minimum atomic E-state index is -0.266. The highest BCUT2D eigenvalue weighted by Gasteiger charge is 2.21. The highest BCUT2D eigenvalue weighted by molar-refractivity contribution is 5.99. The van der Waals surface area contributed by atoms with Crippen LogP contribution >= 0.6 is 0 Å². The molecule has 1 aliphatic heterocycles. The van der Waals surface area contributed by atoms with Gasteiger partial charge in [-0.15, -0.1) is 0 Å². The van der Waals surface area contributed by atoms with E-state index in [1.165, 1.54) is 7.11 Å². The van der Waals surface area contributed by atoms with Gasteiger partial charge in [-0.25, -0.2) is 0 Å². The number of rotatable bonds is 4. The second-order valence-corrected chi connectivity index (χ2v) is 4.47. The smallest absolute Gasteiger partial charge is 0.253 e. The minimum Gasteiger partial charge on any atom is -0.497 e. The summed E-state index contributed by atoms with van der Waals surface area (Å²) in [5, 5.41) is 5.55. The molecule has 2 amide bonds. The molecule has 102 valence electrons. The molecule has 1 saturated heterocycles. The van der Waals surface area contributed by atoms with Crippen LogP contribution in [-0.4, -0.2) is 31.5 Å². The van der Waals surface area contributed by atoms with Crippen LogP contribution in [0.15, 0.2) is 18.2 Å². The number of anilines is 1. The number of ether oxygens (including phenoxy) is 1. The Balaban J connectivity index is 1.97. The molecular formula is C13H17N3O3. The van der Waals surface area contributed by atoms with Gasteiger partial charge >= 0.3 is 0 Å². The maximum Gasteiger partial charge on any atom is 0.253 e. The molecule has 1 heterocycles. The molecule has 0 aliphatic carbocycles. The van der Waals surface area contributed by atoms with E-state index in [2.05, 4.69) is 10.6 Å². The quantitative estimate of drug-likeness (QED) is 0.680. The minimum absolute atomic E-state index is 0.00304. The lowest BCUT2D eigenvalue weighted by Gasteiger charge is -2.13. The SMILES string of the molecule is COc1ccc(N)c(C(=O)NCC2CCC(=O)N2)c1. The molecule has 19 heavy (non-hydrogen) atoms. The number of carbonyl (C=O) groups is 2. The predicted octanol–water partition coefficient (Wildman–Crippen LogP) is 0.286. The zero-order valence-electron chi connectivity index (χ0n) is 10.7. The Hall–Kier alpha value is -2.24. The monoisotopic (exact) mass is 263 g/mol. The summed E-state index contributed by atoms with van der Waals surface area (Å²) >= 11 is 0. The molecule has 1 aromatic carbocycles. The third-order valence-electron chi connectivity index (χ3n) is 3.10. The van der Waals surface area contributed by atoms with Gasteiger partial charge in [-0.2, -0.15) is 0 Å². The number of nitrogens with one attached hydrogen (secondary N) is 2. The number of methoxy groups -OCH3 is 1. The number of carbonyl (C=O) groups excluding carboxylic acids is 2. The lowest BCUT2D eigenvalue weighted by atomic mass is 10.1. The maximum atomic E-state index is 12.0. The standard InChI is InChI=1S/C13H17N3O3/c1-19-9-3-4-11(14)10(6-9)13(18)15-7-8-2-5-12(17)16-8/h3-4,6,8H,2,5,7,14H2,1H3,(H,15,18)(H,16,17). The van der Waals surface area contributed by atoms with Crippen LogP contribution < -0.4 is 21.1 Å². The molecule has 0 bridgehead atoms. The second-order valence-electron chi connectivity index (χ2n) is 4.47. The normalized spacial score (nSPS) is 17.9. The van der Waals surface area contributed by atoms with E-state index in [1.54, 1.807) is 18.2 Å². The van der Waals surface area contributed by atoms with Crippen LogP contribution in [0.4, 0.5) is 5.69 Å². The fraction of sp³-hybridized carbons (Fsp3) is 0.385. The zero-order valence-corrected chi connectivity index (χ0v) is 10.7. The van der Waals surface area contributed by atoms with E-state index in [0.29, 0.717) is 30.0 Å². The summed E-state index contributed by atoms with van der Waals surface area (Å²) in [6.45, 7) is 0.404. The van der Waals surface area contributed by atoms with E-state index in [4.69, 9.17) is 10.5 Å². The molecule has 0 aromatic heterocycles. The summed E-state index contributed by atoms with van der Waals surface area (Å²) in [4.78, 5) is 23.1. The van der Waals surface area contributed by atoms with Gasteiger partial charge in [0.15, 0.2) is 0 Å². The number of hydrogen-bond donors (Lipinski definition) is 3. The molecule has 0 spiro atoms. The van der Waals surface area contributed by atoms with Gasteiger partial charge in [-0.3, -0.25) is 9.59 Å². The van der Waals surface area contributed by atoms with Crippen LogP contribution in [0.3, 0.4) is 0 Å². The molecule has 1 atom stereocenters. The van der Waals surface area contributed by atoms with Crippen molar-refractivity contribution in [3.05, 3.63) is 23.8 Å². The molecule has 4 N–H and O–H groups in total. The van der Waals surface area contributed by atoms with Crippen LogP contribution in [0, 0.1) is 0 Å². The molecule has 2 rings (SSSR count). The van der Waals surface area contributed by atoms with Crippen molar-refractivity contribution in [2.24, 2.45) is 0 Å². The Bertz CT molecular complexity index is 502. The van der Waals surface area contributed by atoms with Crippen LogP contribution in [0.25, 0.3) is 0 Å². The fourth-order valence-electron chi connectivity index (χ4n) is 2.00. The Labute approximate surface area is 111 Å². The van der Waals surface area contributed by atoms with Gasteiger partial charge in [-0.1, -0.05) is 0 Å². The number of benzene rings is 1. The molecular weight excluding hydrogens is 246 g/mol. The molecule has 1 aliphatic rings. The largest absolute Gasteiger partial charge is 0.497 e. The predicted molar refractivity (Wildman–Crippen MR) is 70.9 cm³/mol. The third kappa shape index (κ3) is 3.15. The molecule has 0 saturated carbocycles. The summed E-state index contributed by atoms with van der Waals surface area (Å²) < 4.78 is 5.06. The number of amides is 2. The van der Waals surface area contributed by atoms with Gasteiger partial charge in [0.2, 0.25) is 5.91 Å². The lowest BCUT2D eigenvalue weighted by molar-refractivity contribution is -0.119. The van der Waals surface area contributed by atoms with E-state index >= 15 is 0 Å². The molecule has 6 heteroatoms. The van der Waals surface area contributed by atoms with Crippen molar-refractivity contribution < 1.29 is 14.3 Å². The van der Waals surface area contributed by atoms with E-state index in [1.807, 2.05) is 0 Å². The van der Waals surface area contributed by atoms with Crippen LogP contribution in [-0.2, 0) is 4.79 Å². The van der Waals surface area contributed by atoms with Gasteiger partial charge in [0.05, 0.1) is 12.7 Å². The lowest BCUT2D eigenvalue weighted by Crippen LogP contribution is -2.38. The van der Waals surface area contributed by atoms with Crippen molar-refractivity contribution in [1.82, 2.24) is 10.6 Å². The first-order valence-corrected chi connectivity index (χ1v) is 6.11. The number of hydrogen-bond acceptors (Lipinski definition) is 4. The van der Waals surface area contributed by atoms with Crippen molar-refractivity contribution in [2.75, 3.05) is 19.4 Å². The fourth-order valence-corrected chi connectivity index (χ4v) is 2.00. The maximum absolute atomic E-state index is 12.0. The van der Waals surface area contributed by atoms with Crippen molar-refractivity contribution in [2.45, 2.75) is 18.9 Å². The molecule has 1 fully saturated rings. The van der Waals surface area contributed by atoms with Crippen LogP contribution in [0.1, 0.15) is 23.2 Å². The van der Waals surface area contributed by atoms with E-state index in [0.717, 1.165) is 6.42 Å². The Morgan fingerprint density at radius 2 is 2.37 bits per heavy atom. The number of nitrogens with two attached hydrogens (primary N) is 1. The van der Waals surface area contributed by atoms with Crippen molar-refractivity contribution in [1.29, 1.82) is 0 Å². The summed E-state index contributed by atoms with van der Waals surface area (Å²) in [5.41, 5.74) is 6.54. The molecule has 1 aromatic rings. The zero-order chi connectivity index (χ0) is 13.8. The first-order chi connectivity index (χ1) is 9.10. The summed E-state index contributed by atoms with van der Waals surface area (Å²) in [5.74, 6) is 0.339. The Morgan fingerprint density at radius 1 is 1.58 bits per heavy atom. The van der Waals surface area contributed by atoms with Gasteiger partial charge in [0, 0.05) is 24.7 Å². The highest BCUT2D eigenvalue weighted by atomic mass is 16.5. The van der Waals surface area contributed by atoms with Crippen LogP contribution in [0.2, 0.25) is 0 Å². The average molecular weight is 263 g/mol. The van der Waals surface area contributed by atoms with E-state index < -0.39 is 0 Å². The Morgan fingerprint density at radius 3 is 3.00 bits per heavy atom.